The van der Waals surface area contributed by atoms with E-state index in [2.05, 4.69) is 61.7 Å². The van der Waals surface area contributed by atoms with Crippen LogP contribution in [-0.4, -0.2) is 0 Å². The number of hydrogen-bond donors (Lipinski definition) is 0. The minimum Gasteiger partial charge on any atom is -0.130 e. The molecular weight excluding hydrogens is 312 g/mol. The Morgan fingerprint density at radius 1 is 0.667 bits per heavy atom. The van der Waals surface area contributed by atoms with Crippen LogP contribution < -0.4 is 0 Å². The number of rotatable bonds is 8. The van der Waals surface area contributed by atoms with Gasteiger partial charge in [-0.1, -0.05) is 49.2 Å². The lowest BCUT2D eigenvalue weighted by atomic mass is 10.2. The van der Waals surface area contributed by atoms with E-state index in [-0.39, 0.29) is 0 Å². The van der Waals surface area contributed by atoms with Gasteiger partial charge in [-0.25, -0.2) is 0 Å². The van der Waals surface area contributed by atoms with Gasteiger partial charge in [0.25, 0.3) is 0 Å². The second kappa shape index (κ2) is 9.08. The van der Waals surface area contributed by atoms with Crippen molar-refractivity contribution in [3.63, 3.8) is 0 Å². The minimum atomic E-state index is 0.990. The lowest BCUT2D eigenvalue weighted by molar-refractivity contribution is 1.32. The maximum atomic E-state index is 3.73. The van der Waals surface area contributed by atoms with Gasteiger partial charge in [0.1, 0.15) is 0 Å². The monoisotopic (exact) mass is 330 g/mol. The van der Waals surface area contributed by atoms with Crippen molar-refractivity contribution >= 4 is 35.3 Å². The second-order valence-electron chi connectivity index (χ2n) is 4.35. The van der Waals surface area contributed by atoms with Crippen LogP contribution >= 0.6 is 35.3 Å². The molecule has 0 saturated heterocycles. The summed E-state index contributed by atoms with van der Waals surface area (Å²) in [5.41, 5.74) is 2.67. The largest absolute Gasteiger partial charge is 0.130 e. The molecule has 0 amide bonds. The molecule has 2 aromatic rings. The van der Waals surface area contributed by atoms with Gasteiger partial charge < -0.3 is 0 Å². The van der Waals surface area contributed by atoms with Gasteiger partial charge in [0.05, 0.1) is 0 Å². The van der Waals surface area contributed by atoms with E-state index in [1.807, 2.05) is 10.8 Å². The molecule has 2 rings (SSSR count). The van der Waals surface area contributed by atoms with Gasteiger partial charge in [-0.05, 0) is 46.2 Å². The first-order chi connectivity index (χ1) is 10.3. The highest BCUT2D eigenvalue weighted by molar-refractivity contribution is 8.01. The van der Waals surface area contributed by atoms with Crippen LogP contribution in [0.15, 0.2) is 82.3 Å². The summed E-state index contributed by atoms with van der Waals surface area (Å²) in [5, 5.41) is 3.77. The van der Waals surface area contributed by atoms with E-state index in [4.69, 9.17) is 0 Å². The summed E-state index contributed by atoms with van der Waals surface area (Å²) in [4.78, 5) is 2.55. The summed E-state index contributed by atoms with van der Waals surface area (Å²) in [7, 11) is 0. The third-order valence-electron chi connectivity index (χ3n) is 2.82. The van der Waals surface area contributed by atoms with Crippen LogP contribution in [0.5, 0.6) is 0 Å². The van der Waals surface area contributed by atoms with Crippen LogP contribution in [0.3, 0.4) is 0 Å². The maximum absolute atomic E-state index is 3.73. The Kier molecular flexibility index (Phi) is 7.07. The van der Waals surface area contributed by atoms with Crippen molar-refractivity contribution in [3.8, 4) is 0 Å². The first-order valence-electron chi connectivity index (χ1n) is 6.62. The molecule has 0 aliphatic rings. The molecule has 0 unspecified atom stereocenters. The predicted octanol–water partition coefficient (Wildman–Crippen LogP) is 6.59. The summed E-state index contributed by atoms with van der Waals surface area (Å²) in [6.45, 7) is 7.45. The third kappa shape index (κ3) is 5.70. The van der Waals surface area contributed by atoms with Crippen LogP contribution in [0.4, 0.5) is 0 Å². The molecule has 0 atom stereocenters. The topological polar surface area (TPSA) is 0 Å². The summed E-state index contributed by atoms with van der Waals surface area (Å²) in [6.07, 6.45) is 0. The molecule has 0 aliphatic carbocycles. The zero-order chi connectivity index (χ0) is 14.9. The highest BCUT2D eigenvalue weighted by atomic mass is 32.2. The number of benzene rings is 2. The van der Waals surface area contributed by atoms with Gasteiger partial charge >= 0.3 is 0 Å². The fourth-order valence-electron chi connectivity index (χ4n) is 1.75. The van der Waals surface area contributed by atoms with E-state index < -0.39 is 0 Å². The van der Waals surface area contributed by atoms with Gasteiger partial charge in [-0.3, -0.25) is 0 Å². The van der Waals surface area contributed by atoms with Crippen molar-refractivity contribution in [2.75, 3.05) is 0 Å². The van der Waals surface area contributed by atoms with Gasteiger partial charge in [-0.15, -0.1) is 23.5 Å². The zero-order valence-corrected chi connectivity index (χ0v) is 14.3. The van der Waals surface area contributed by atoms with Crippen molar-refractivity contribution in [1.82, 2.24) is 0 Å². The fraction of sp³-hybridized carbons (Fsp3) is 0.111. The van der Waals surface area contributed by atoms with Crippen LogP contribution in [-0.2, 0) is 11.5 Å². The molecule has 0 bridgehead atoms. The van der Waals surface area contributed by atoms with E-state index in [0.29, 0.717) is 0 Å². The van der Waals surface area contributed by atoms with Gasteiger partial charge in [-0.2, -0.15) is 0 Å². The molecule has 108 valence electrons. The van der Waals surface area contributed by atoms with E-state index in [0.717, 1.165) is 11.5 Å². The van der Waals surface area contributed by atoms with Gasteiger partial charge in [0, 0.05) is 21.3 Å². The molecule has 2 aromatic carbocycles. The SMILES string of the molecule is C=CSCc1ccc(Sc2ccc(CSC=C)cc2)cc1. The molecule has 0 fully saturated rings. The molecule has 0 aromatic heterocycles. The Hall–Kier alpha value is -1.03. The highest BCUT2D eigenvalue weighted by Gasteiger charge is 1.99. The smallest absolute Gasteiger partial charge is 0.0225 e. The average molecular weight is 331 g/mol. The first kappa shape index (κ1) is 16.3. The molecule has 0 N–H and O–H groups in total. The summed E-state index contributed by atoms with van der Waals surface area (Å²) < 4.78 is 0. The Labute approximate surface area is 140 Å². The highest BCUT2D eigenvalue weighted by Crippen LogP contribution is 2.29. The summed E-state index contributed by atoms with van der Waals surface area (Å²) in [5.74, 6) is 1.98. The molecule has 0 aliphatic heterocycles. The van der Waals surface area contributed by atoms with Crippen LogP contribution in [0.25, 0.3) is 0 Å². The molecule has 0 radical (unpaired) electrons. The van der Waals surface area contributed by atoms with Crippen molar-refractivity contribution in [3.05, 3.63) is 83.6 Å². The Morgan fingerprint density at radius 3 is 1.38 bits per heavy atom. The minimum absolute atomic E-state index is 0.990. The maximum Gasteiger partial charge on any atom is 0.0225 e. The van der Waals surface area contributed by atoms with Gasteiger partial charge in [0.2, 0.25) is 0 Å². The van der Waals surface area contributed by atoms with Crippen LogP contribution in [0, 0.1) is 0 Å². The lowest BCUT2D eigenvalue weighted by Gasteiger charge is -2.05. The molecule has 0 spiro atoms. The Bertz CT molecular complexity index is 517. The molecule has 0 saturated carbocycles. The number of thioether (sulfide) groups is 2. The molecule has 0 nitrogen and oxygen atoms in total. The van der Waals surface area contributed by atoms with Crippen molar-refractivity contribution in [1.29, 1.82) is 0 Å². The molecule has 0 heterocycles. The summed E-state index contributed by atoms with van der Waals surface area (Å²) in [6, 6.07) is 17.5. The second-order valence-corrected chi connectivity index (χ2v) is 7.40. The predicted molar refractivity (Wildman–Crippen MR) is 100.0 cm³/mol. The number of hydrogen-bond acceptors (Lipinski definition) is 3. The van der Waals surface area contributed by atoms with Crippen molar-refractivity contribution in [2.45, 2.75) is 21.3 Å². The van der Waals surface area contributed by atoms with E-state index >= 15 is 0 Å². The molecule has 21 heavy (non-hydrogen) atoms. The standard InChI is InChI=1S/C18H18S3/c1-3-19-13-15-5-9-17(10-6-15)21-18-11-7-16(8-12-18)14-20-4-2/h3-12H,1-2,13-14H2. The average Bonchev–Trinajstić information content (AvgIpc) is 2.53. The van der Waals surface area contributed by atoms with E-state index in [1.54, 1.807) is 35.3 Å². The molecular formula is C18H18S3. The normalized spacial score (nSPS) is 10.3. The van der Waals surface area contributed by atoms with Crippen LogP contribution in [0.2, 0.25) is 0 Å². The Morgan fingerprint density at radius 2 is 1.05 bits per heavy atom. The van der Waals surface area contributed by atoms with Crippen molar-refractivity contribution < 1.29 is 0 Å². The van der Waals surface area contributed by atoms with E-state index in [9.17, 15) is 0 Å². The molecule has 3 heteroatoms. The fourth-order valence-corrected chi connectivity index (χ4v) is 3.58. The van der Waals surface area contributed by atoms with Crippen LogP contribution in [0.1, 0.15) is 11.1 Å². The lowest BCUT2D eigenvalue weighted by Crippen LogP contribution is -1.81. The summed E-state index contributed by atoms with van der Waals surface area (Å²) >= 11 is 5.25. The quantitative estimate of drug-likeness (QED) is 0.536. The van der Waals surface area contributed by atoms with Crippen molar-refractivity contribution in [2.24, 2.45) is 0 Å². The van der Waals surface area contributed by atoms with E-state index in [1.165, 1.54) is 20.9 Å². The zero-order valence-electron chi connectivity index (χ0n) is 11.8. The third-order valence-corrected chi connectivity index (χ3v) is 5.31. The van der Waals surface area contributed by atoms with Gasteiger partial charge in [0.15, 0.2) is 0 Å². The Balaban J connectivity index is 1.94. The first-order valence-corrected chi connectivity index (χ1v) is 9.54.